The number of ether oxygens (including phenoxy) is 3. The van der Waals surface area contributed by atoms with E-state index < -0.39 is 15.9 Å². The average Bonchev–Trinajstić information content (AvgIpc) is 2.70. The SMILES string of the molecule is COc1cc(OC)c(OC)cc1CNC(=O)c1cc(S(=O)(=O)NC(C)C)ccc1C. The summed E-state index contributed by atoms with van der Waals surface area (Å²) in [4.78, 5) is 12.8. The third-order valence-corrected chi connectivity index (χ3v) is 6.04. The summed E-state index contributed by atoms with van der Waals surface area (Å²) >= 11 is 0. The van der Waals surface area contributed by atoms with Crippen molar-refractivity contribution in [2.75, 3.05) is 21.3 Å². The van der Waals surface area contributed by atoms with Crippen LogP contribution < -0.4 is 24.2 Å². The van der Waals surface area contributed by atoms with E-state index in [1.165, 1.54) is 33.5 Å². The molecule has 9 heteroatoms. The van der Waals surface area contributed by atoms with Gasteiger partial charge in [0.2, 0.25) is 10.0 Å². The van der Waals surface area contributed by atoms with Crippen LogP contribution in [-0.2, 0) is 16.6 Å². The van der Waals surface area contributed by atoms with E-state index in [4.69, 9.17) is 14.2 Å². The fourth-order valence-corrected chi connectivity index (χ4v) is 4.17. The summed E-state index contributed by atoms with van der Waals surface area (Å²) in [5, 5.41) is 2.81. The van der Waals surface area contributed by atoms with Crippen molar-refractivity contribution in [1.82, 2.24) is 10.0 Å². The zero-order valence-corrected chi connectivity index (χ0v) is 18.8. The zero-order chi connectivity index (χ0) is 22.5. The lowest BCUT2D eigenvalue weighted by Gasteiger charge is -2.15. The number of sulfonamides is 1. The normalized spacial score (nSPS) is 11.3. The van der Waals surface area contributed by atoms with Crippen molar-refractivity contribution in [3.05, 3.63) is 47.0 Å². The number of methoxy groups -OCH3 is 3. The minimum absolute atomic E-state index is 0.0376. The highest BCUT2D eigenvalue weighted by Gasteiger charge is 2.19. The predicted octanol–water partition coefficient (Wildman–Crippen LogP) is 2.64. The van der Waals surface area contributed by atoms with Gasteiger partial charge in [0.15, 0.2) is 11.5 Å². The highest BCUT2D eigenvalue weighted by atomic mass is 32.2. The first kappa shape index (κ1) is 23.5. The van der Waals surface area contributed by atoms with Gasteiger partial charge < -0.3 is 19.5 Å². The Labute approximate surface area is 177 Å². The van der Waals surface area contributed by atoms with Crippen molar-refractivity contribution in [3.63, 3.8) is 0 Å². The number of hydrogen-bond acceptors (Lipinski definition) is 6. The lowest BCUT2D eigenvalue weighted by atomic mass is 10.1. The summed E-state index contributed by atoms with van der Waals surface area (Å²) in [7, 11) is 0.859. The molecule has 1 amide bonds. The maximum Gasteiger partial charge on any atom is 0.251 e. The van der Waals surface area contributed by atoms with Crippen LogP contribution in [0.5, 0.6) is 17.2 Å². The Bertz CT molecular complexity index is 1020. The first-order valence-electron chi connectivity index (χ1n) is 9.33. The van der Waals surface area contributed by atoms with E-state index in [2.05, 4.69) is 10.0 Å². The molecule has 0 aliphatic carbocycles. The van der Waals surface area contributed by atoms with Gasteiger partial charge in [-0.3, -0.25) is 4.79 Å². The number of amides is 1. The van der Waals surface area contributed by atoms with E-state index in [1.807, 2.05) is 0 Å². The molecule has 0 radical (unpaired) electrons. The van der Waals surface area contributed by atoms with Crippen molar-refractivity contribution in [1.29, 1.82) is 0 Å². The Kier molecular flexibility index (Phi) is 7.69. The number of rotatable bonds is 9. The molecule has 30 heavy (non-hydrogen) atoms. The Hall–Kier alpha value is -2.78. The Morgan fingerprint density at radius 2 is 1.57 bits per heavy atom. The van der Waals surface area contributed by atoms with Crippen LogP contribution in [0.15, 0.2) is 35.2 Å². The van der Waals surface area contributed by atoms with Crippen molar-refractivity contribution in [3.8, 4) is 17.2 Å². The number of carbonyl (C=O) groups excluding carboxylic acids is 1. The fourth-order valence-electron chi connectivity index (χ4n) is 2.89. The van der Waals surface area contributed by atoms with Gasteiger partial charge in [-0.25, -0.2) is 13.1 Å². The molecule has 8 nitrogen and oxygen atoms in total. The number of hydrogen-bond donors (Lipinski definition) is 2. The van der Waals surface area contributed by atoms with Crippen LogP contribution in [0, 0.1) is 6.92 Å². The van der Waals surface area contributed by atoms with Gasteiger partial charge in [-0.15, -0.1) is 0 Å². The number of aryl methyl sites for hydroxylation is 1. The van der Waals surface area contributed by atoms with Gasteiger partial charge in [0.05, 0.1) is 26.2 Å². The molecule has 2 rings (SSSR count). The highest BCUT2D eigenvalue weighted by Crippen LogP contribution is 2.34. The first-order chi connectivity index (χ1) is 14.1. The van der Waals surface area contributed by atoms with Gasteiger partial charge >= 0.3 is 0 Å². The number of nitrogens with one attached hydrogen (secondary N) is 2. The van der Waals surface area contributed by atoms with Crippen LogP contribution in [-0.4, -0.2) is 41.7 Å². The minimum atomic E-state index is -3.71. The molecule has 0 aromatic heterocycles. The molecule has 0 heterocycles. The minimum Gasteiger partial charge on any atom is -0.496 e. The third kappa shape index (κ3) is 5.43. The van der Waals surface area contributed by atoms with Crippen LogP contribution in [0.2, 0.25) is 0 Å². The average molecular weight is 437 g/mol. The van der Waals surface area contributed by atoms with Gasteiger partial charge in [-0.05, 0) is 44.5 Å². The maximum absolute atomic E-state index is 12.8. The van der Waals surface area contributed by atoms with E-state index in [1.54, 1.807) is 39.0 Å². The number of carbonyl (C=O) groups is 1. The Morgan fingerprint density at radius 3 is 2.13 bits per heavy atom. The smallest absolute Gasteiger partial charge is 0.251 e. The molecule has 0 aliphatic heterocycles. The molecule has 0 atom stereocenters. The van der Waals surface area contributed by atoms with Crippen LogP contribution in [0.4, 0.5) is 0 Å². The van der Waals surface area contributed by atoms with E-state index >= 15 is 0 Å². The molecule has 0 spiro atoms. The van der Waals surface area contributed by atoms with Crippen LogP contribution in [0.25, 0.3) is 0 Å². The molecular weight excluding hydrogens is 408 g/mol. The summed E-state index contributed by atoms with van der Waals surface area (Å²) in [5.74, 6) is 1.15. The molecule has 2 aromatic rings. The van der Waals surface area contributed by atoms with Crippen molar-refractivity contribution < 1.29 is 27.4 Å². The van der Waals surface area contributed by atoms with E-state index in [-0.39, 0.29) is 23.0 Å². The molecule has 0 aliphatic rings. The lowest BCUT2D eigenvalue weighted by Crippen LogP contribution is -2.30. The molecule has 0 saturated carbocycles. The summed E-state index contributed by atoms with van der Waals surface area (Å²) in [6, 6.07) is 7.61. The van der Waals surface area contributed by atoms with Crippen LogP contribution in [0.3, 0.4) is 0 Å². The molecule has 0 saturated heterocycles. The Morgan fingerprint density at radius 1 is 0.967 bits per heavy atom. The molecule has 0 fully saturated rings. The zero-order valence-electron chi connectivity index (χ0n) is 18.0. The van der Waals surface area contributed by atoms with Crippen molar-refractivity contribution in [2.45, 2.75) is 38.3 Å². The van der Waals surface area contributed by atoms with Crippen LogP contribution in [0.1, 0.15) is 35.3 Å². The standard InChI is InChI=1S/C21H28N2O6S/c1-13(2)23-30(25,26)16-8-7-14(3)17(10-16)21(24)22-12-15-9-19(28-5)20(29-6)11-18(15)27-4/h7-11,13,23H,12H2,1-6H3,(H,22,24). The van der Waals surface area contributed by atoms with Gasteiger partial charge in [0, 0.05) is 29.8 Å². The fraction of sp³-hybridized carbons (Fsp3) is 0.381. The molecule has 164 valence electrons. The quantitative estimate of drug-likeness (QED) is 0.626. The second-order valence-electron chi connectivity index (χ2n) is 6.95. The van der Waals surface area contributed by atoms with Gasteiger partial charge in [0.1, 0.15) is 5.75 Å². The van der Waals surface area contributed by atoms with E-state index in [0.717, 1.165) is 0 Å². The van der Waals surface area contributed by atoms with Gasteiger partial charge in [-0.2, -0.15) is 0 Å². The summed E-state index contributed by atoms with van der Waals surface area (Å²) in [5.41, 5.74) is 1.63. The molecule has 0 bridgehead atoms. The second kappa shape index (κ2) is 9.82. The van der Waals surface area contributed by atoms with E-state index in [0.29, 0.717) is 28.4 Å². The Balaban J connectivity index is 2.28. The second-order valence-corrected chi connectivity index (χ2v) is 8.67. The largest absolute Gasteiger partial charge is 0.496 e. The highest BCUT2D eigenvalue weighted by molar-refractivity contribution is 7.89. The van der Waals surface area contributed by atoms with Crippen LogP contribution >= 0.6 is 0 Å². The van der Waals surface area contributed by atoms with Crippen molar-refractivity contribution in [2.24, 2.45) is 0 Å². The third-order valence-electron chi connectivity index (χ3n) is 4.38. The summed E-state index contributed by atoms with van der Waals surface area (Å²) in [6.45, 7) is 5.37. The molecular formula is C21H28N2O6S. The topological polar surface area (TPSA) is 103 Å². The van der Waals surface area contributed by atoms with Gasteiger partial charge in [0.25, 0.3) is 5.91 Å². The van der Waals surface area contributed by atoms with Gasteiger partial charge in [-0.1, -0.05) is 6.07 Å². The summed E-state index contributed by atoms with van der Waals surface area (Å²) in [6.07, 6.45) is 0. The van der Waals surface area contributed by atoms with E-state index in [9.17, 15) is 13.2 Å². The molecule has 0 unspecified atom stereocenters. The molecule has 2 N–H and O–H groups in total. The lowest BCUT2D eigenvalue weighted by molar-refractivity contribution is 0.0950. The first-order valence-corrected chi connectivity index (χ1v) is 10.8. The monoisotopic (exact) mass is 436 g/mol. The van der Waals surface area contributed by atoms with Crippen molar-refractivity contribution >= 4 is 15.9 Å². The maximum atomic E-state index is 12.8. The molecule has 2 aromatic carbocycles. The predicted molar refractivity (Wildman–Crippen MR) is 114 cm³/mol. The number of benzene rings is 2. The summed E-state index contributed by atoms with van der Waals surface area (Å²) < 4.78 is 43.3.